The fourth-order valence-electron chi connectivity index (χ4n) is 3.68. The minimum Gasteiger partial charge on any atom is -0.489 e. The summed E-state index contributed by atoms with van der Waals surface area (Å²) in [5, 5.41) is 6.52. The maximum Gasteiger partial charge on any atom is 0.241 e. The first-order chi connectivity index (χ1) is 13.7. The largest absolute Gasteiger partial charge is 0.489 e. The summed E-state index contributed by atoms with van der Waals surface area (Å²) in [6, 6.07) is 17.9. The molecule has 0 aromatic heterocycles. The second-order valence-corrected chi connectivity index (χ2v) is 7.72. The monoisotopic (exact) mass is 380 g/mol. The van der Waals surface area contributed by atoms with Crippen LogP contribution in [-0.2, 0) is 11.4 Å². The quantitative estimate of drug-likeness (QED) is 0.686. The fourth-order valence-corrected chi connectivity index (χ4v) is 3.68. The molecule has 2 aromatic rings. The minimum absolute atomic E-state index is 0.0139. The Hall–Kier alpha value is -2.33. The number of benzene rings is 2. The highest BCUT2D eigenvalue weighted by Gasteiger charge is 2.18. The Balaban J connectivity index is 1.45. The Labute approximate surface area is 168 Å². The van der Waals surface area contributed by atoms with Gasteiger partial charge in [0.25, 0.3) is 0 Å². The molecule has 1 fully saturated rings. The summed E-state index contributed by atoms with van der Waals surface area (Å²) in [5.74, 6) is 0.808. The van der Waals surface area contributed by atoms with Crippen molar-refractivity contribution in [3.8, 4) is 5.75 Å². The van der Waals surface area contributed by atoms with Gasteiger partial charge in [0.15, 0.2) is 0 Å². The van der Waals surface area contributed by atoms with Crippen LogP contribution in [0.15, 0.2) is 54.6 Å². The minimum atomic E-state index is -0.196. The van der Waals surface area contributed by atoms with Gasteiger partial charge in [-0.15, -0.1) is 0 Å². The molecule has 1 amide bonds. The third-order valence-corrected chi connectivity index (χ3v) is 5.35. The molecule has 1 saturated carbocycles. The normalized spacial score (nSPS) is 16.6. The summed E-state index contributed by atoms with van der Waals surface area (Å²) in [5.41, 5.74) is 1.93. The van der Waals surface area contributed by atoms with Gasteiger partial charge in [-0.1, -0.05) is 62.4 Å². The van der Waals surface area contributed by atoms with Crippen molar-refractivity contribution in [2.45, 2.75) is 70.6 Å². The summed E-state index contributed by atoms with van der Waals surface area (Å²) in [6.07, 6.45) is 8.85. The van der Waals surface area contributed by atoms with Crippen molar-refractivity contribution < 1.29 is 9.53 Å². The van der Waals surface area contributed by atoms with Gasteiger partial charge in [0, 0.05) is 11.7 Å². The van der Waals surface area contributed by atoms with Gasteiger partial charge in [-0.05, 0) is 49.6 Å². The number of carbonyl (C=O) groups excluding carboxylic acids is 1. The first-order valence-electron chi connectivity index (χ1n) is 10.5. The third-order valence-electron chi connectivity index (χ3n) is 5.35. The molecular formula is C24H32N2O2. The number of anilines is 1. The molecular weight excluding hydrogens is 348 g/mol. The highest BCUT2D eigenvalue weighted by molar-refractivity contribution is 5.94. The van der Waals surface area contributed by atoms with Crippen LogP contribution in [0.5, 0.6) is 5.75 Å². The number of hydrogen-bond donors (Lipinski definition) is 2. The van der Waals surface area contributed by atoms with E-state index in [1.165, 1.54) is 44.9 Å². The van der Waals surface area contributed by atoms with Gasteiger partial charge in [0.2, 0.25) is 5.91 Å². The highest BCUT2D eigenvalue weighted by Crippen LogP contribution is 2.19. The molecule has 0 unspecified atom stereocenters. The van der Waals surface area contributed by atoms with Crippen LogP contribution in [0.2, 0.25) is 0 Å². The molecule has 0 spiro atoms. The Morgan fingerprint density at radius 1 is 0.964 bits per heavy atom. The van der Waals surface area contributed by atoms with Crippen LogP contribution in [0.4, 0.5) is 5.69 Å². The Bertz CT molecular complexity index is 707. The number of hydrogen-bond acceptors (Lipinski definition) is 3. The summed E-state index contributed by atoms with van der Waals surface area (Å²) in [4.78, 5) is 12.5. The van der Waals surface area contributed by atoms with Crippen molar-refractivity contribution in [3.05, 3.63) is 60.2 Å². The van der Waals surface area contributed by atoms with E-state index in [9.17, 15) is 4.79 Å². The van der Waals surface area contributed by atoms with Crippen LogP contribution in [0, 0.1) is 0 Å². The molecule has 28 heavy (non-hydrogen) atoms. The van der Waals surface area contributed by atoms with Crippen LogP contribution in [-0.4, -0.2) is 18.0 Å². The lowest BCUT2D eigenvalue weighted by atomic mass is 9.96. The lowest BCUT2D eigenvalue weighted by molar-refractivity contribution is -0.118. The van der Waals surface area contributed by atoms with E-state index in [4.69, 9.17) is 4.74 Å². The van der Waals surface area contributed by atoms with Gasteiger partial charge in [-0.2, -0.15) is 0 Å². The zero-order chi connectivity index (χ0) is 19.6. The number of amides is 1. The number of nitrogens with one attached hydrogen (secondary N) is 2. The zero-order valence-corrected chi connectivity index (χ0v) is 16.8. The molecule has 150 valence electrons. The van der Waals surface area contributed by atoms with E-state index in [1.54, 1.807) is 0 Å². The molecule has 1 aliphatic rings. The van der Waals surface area contributed by atoms with Crippen molar-refractivity contribution >= 4 is 11.6 Å². The summed E-state index contributed by atoms with van der Waals surface area (Å²) in [6.45, 7) is 2.49. The standard InChI is InChI=1S/C24H32N2O2/c1-19(25-21-12-8-3-2-4-9-13-21)24(27)26-22-14-16-23(17-15-22)28-18-20-10-6-5-7-11-20/h5-7,10-11,14-17,19,21,25H,2-4,8-9,12-13,18H2,1H3,(H,26,27)/t19-/m1/s1. The van der Waals surface area contributed by atoms with Gasteiger partial charge in [0.05, 0.1) is 6.04 Å². The van der Waals surface area contributed by atoms with Crippen LogP contribution < -0.4 is 15.4 Å². The SMILES string of the molecule is C[C@@H](NC1CCCCCCC1)C(=O)Nc1ccc(OCc2ccccc2)cc1. The average molecular weight is 381 g/mol. The number of carbonyl (C=O) groups is 1. The Morgan fingerprint density at radius 3 is 2.29 bits per heavy atom. The molecule has 1 atom stereocenters. The smallest absolute Gasteiger partial charge is 0.241 e. The van der Waals surface area contributed by atoms with Gasteiger partial charge < -0.3 is 15.4 Å². The molecule has 4 nitrogen and oxygen atoms in total. The van der Waals surface area contributed by atoms with Crippen molar-refractivity contribution in [2.75, 3.05) is 5.32 Å². The average Bonchev–Trinajstić information content (AvgIpc) is 2.70. The number of rotatable bonds is 7. The predicted octanol–water partition coefficient (Wildman–Crippen LogP) is 5.30. The predicted molar refractivity (Wildman–Crippen MR) is 115 cm³/mol. The van der Waals surface area contributed by atoms with E-state index in [0.717, 1.165) is 17.0 Å². The summed E-state index contributed by atoms with van der Waals surface area (Å²) in [7, 11) is 0. The maximum atomic E-state index is 12.5. The molecule has 0 aliphatic heterocycles. The van der Waals surface area contributed by atoms with Crippen LogP contribution in [0.25, 0.3) is 0 Å². The molecule has 4 heteroatoms. The highest BCUT2D eigenvalue weighted by atomic mass is 16.5. The van der Waals surface area contributed by atoms with Crippen LogP contribution in [0.3, 0.4) is 0 Å². The maximum absolute atomic E-state index is 12.5. The lowest BCUT2D eigenvalue weighted by Gasteiger charge is -2.24. The zero-order valence-electron chi connectivity index (χ0n) is 16.8. The van der Waals surface area contributed by atoms with E-state index in [1.807, 2.05) is 61.5 Å². The summed E-state index contributed by atoms with van der Waals surface area (Å²) < 4.78 is 5.80. The van der Waals surface area contributed by atoms with E-state index in [-0.39, 0.29) is 11.9 Å². The Kier molecular flexibility index (Phi) is 7.92. The third kappa shape index (κ3) is 6.68. The second-order valence-electron chi connectivity index (χ2n) is 7.72. The van der Waals surface area contributed by atoms with E-state index >= 15 is 0 Å². The molecule has 2 aromatic carbocycles. The number of ether oxygens (including phenoxy) is 1. The lowest BCUT2D eigenvalue weighted by Crippen LogP contribution is -2.44. The topological polar surface area (TPSA) is 50.4 Å². The molecule has 3 rings (SSSR count). The van der Waals surface area contributed by atoms with Gasteiger partial charge in [-0.25, -0.2) is 0 Å². The van der Waals surface area contributed by atoms with Crippen LogP contribution in [0.1, 0.15) is 57.4 Å². The second kappa shape index (κ2) is 10.9. The molecule has 2 N–H and O–H groups in total. The van der Waals surface area contributed by atoms with Crippen LogP contribution >= 0.6 is 0 Å². The fraction of sp³-hybridized carbons (Fsp3) is 0.458. The van der Waals surface area contributed by atoms with Gasteiger partial charge in [-0.3, -0.25) is 4.79 Å². The molecule has 0 heterocycles. The Morgan fingerprint density at radius 2 is 1.61 bits per heavy atom. The van der Waals surface area contributed by atoms with Crippen molar-refractivity contribution in [1.29, 1.82) is 0 Å². The van der Waals surface area contributed by atoms with Gasteiger partial charge >= 0.3 is 0 Å². The molecule has 0 radical (unpaired) electrons. The molecule has 1 aliphatic carbocycles. The van der Waals surface area contributed by atoms with Gasteiger partial charge in [0.1, 0.15) is 12.4 Å². The first-order valence-corrected chi connectivity index (χ1v) is 10.5. The molecule has 0 saturated heterocycles. The van der Waals surface area contributed by atoms with Crippen molar-refractivity contribution in [3.63, 3.8) is 0 Å². The van der Waals surface area contributed by atoms with E-state index in [2.05, 4.69) is 10.6 Å². The van der Waals surface area contributed by atoms with Crippen molar-refractivity contribution in [2.24, 2.45) is 0 Å². The van der Waals surface area contributed by atoms with E-state index in [0.29, 0.717) is 12.6 Å². The summed E-state index contributed by atoms with van der Waals surface area (Å²) >= 11 is 0. The van der Waals surface area contributed by atoms with E-state index < -0.39 is 0 Å². The first kappa shape index (κ1) is 20.4. The molecule has 0 bridgehead atoms. The van der Waals surface area contributed by atoms with Crippen molar-refractivity contribution in [1.82, 2.24) is 5.32 Å².